The normalized spacial score (nSPS) is 38.6. The summed E-state index contributed by atoms with van der Waals surface area (Å²) in [4.78, 5) is 4.31. The van der Waals surface area contributed by atoms with Crippen molar-refractivity contribution in [3.05, 3.63) is 24.0 Å². The number of nitrogens with two attached hydrogens (primary N) is 1. The van der Waals surface area contributed by atoms with E-state index in [0.717, 1.165) is 48.0 Å². The summed E-state index contributed by atoms with van der Waals surface area (Å²) in [6.07, 6.45) is 9.13. The standard InChI is InChI=1S/C17H24N2O/c1-2-5-20-13-7-12(8-19-9-13)17(18)16-14-10-3-4-11(6-10)15(14)16/h7-11,14-17H,2-6,18H2,1H3. The van der Waals surface area contributed by atoms with Crippen molar-refractivity contribution in [2.24, 2.45) is 35.3 Å². The van der Waals surface area contributed by atoms with E-state index in [0.29, 0.717) is 5.92 Å². The highest BCUT2D eigenvalue weighted by Gasteiger charge is 2.66. The molecule has 0 amide bonds. The summed E-state index contributed by atoms with van der Waals surface area (Å²) in [7, 11) is 0. The third-order valence-electron chi connectivity index (χ3n) is 5.80. The lowest BCUT2D eigenvalue weighted by Crippen LogP contribution is -2.17. The summed E-state index contributed by atoms with van der Waals surface area (Å²) in [6, 6.07) is 2.26. The van der Waals surface area contributed by atoms with Gasteiger partial charge in [-0.15, -0.1) is 0 Å². The maximum absolute atomic E-state index is 6.54. The monoisotopic (exact) mass is 272 g/mol. The van der Waals surface area contributed by atoms with Crippen molar-refractivity contribution < 1.29 is 4.74 Å². The van der Waals surface area contributed by atoms with Crippen LogP contribution in [-0.2, 0) is 0 Å². The van der Waals surface area contributed by atoms with Gasteiger partial charge in [0.2, 0.25) is 0 Å². The van der Waals surface area contributed by atoms with Crippen LogP contribution < -0.4 is 10.5 Å². The molecule has 1 aromatic heterocycles. The van der Waals surface area contributed by atoms with Crippen LogP contribution in [0.3, 0.4) is 0 Å². The smallest absolute Gasteiger partial charge is 0.137 e. The second-order valence-electron chi connectivity index (χ2n) is 6.89. The molecule has 5 unspecified atom stereocenters. The number of hydrogen-bond donors (Lipinski definition) is 1. The molecule has 3 fully saturated rings. The Kier molecular flexibility index (Phi) is 2.99. The van der Waals surface area contributed by atoms with Crippen LogP contribution in [0.25, 0.3) is 0 Å². The predicted octanol–water partition coefficient (Wildman–Crippen LogP) is 3.16. The van der Waals surface area contributed by atoms with Crippen molar-refractivity contribution in [2.45, 2.75) is 38.6 Å². The number of hydrogen-bond acceptors (Lipinski definition) is 3. The molecule has 20 heavy (non-hydrogen) atoms. The molecular weight excluding hydrogens is 248 g/mol. The fourth-order valence-electron chi connectivity index (χ4n) is 5.01. The van der Waals surface area contributed by atoms with E-state index in [1.807, 2.05) is 6.20 Å². The third-order valence-corrected chi connectivity index (χ3v) is 5.80. The number of pyridine rings is 1. The van der Waals surface area contributed by atoms with Gasteiger partial charge in [-0.05, 0) is 66.9 Å². The zero-order valence-corrected chi connectivity index (χ0v) is 12.2. The molecule has 3 heteroatoms. The summed E-state index contributed by atoms with van der Waals surface area (Å²) < 4.78 is 5.68. The van der Waals surface area contributed by atoms with Crippen molar-refractivity contribution in [2.75, 3.05) is 6.61 Å². The van der Waals surface area contributed by atoms with Gasteiger partial charge in [0.05, 0.1) is 12.8 Å². The lowest BCUT2D eigenvalue weighted by molar-refractivity contribution is 0.315. The Hall–Kier alpha value is -1.09. The molecule has 2 N–H and O–H groups in total. The molecule has 0 aromatic carbocycles. The number of fused-ring (bicyclic) bond motifs is 5. The average Bonchev–Trinajstić information content (AvgIpc) is 2.91. The second-order valence-corrected chi connectivity index (χ2v) is 6.89. The summed E-state index contributed by atoms with van der Waals surface area (Å²) in [6.45, 7) is 2.86. The van der Waals surface area contributed by atoms with Gasteiger partial charge in [-0.25, -0.2) is 0 Å². The average molecular weight is 272 g/mol. The van der Waals surface area contributed by atoms with Gasteiger partial charge in [0, 0.05) is 12.2 Å². The third kappa shape index (κ3) is 1.86. The largest absolute Gasteiger partial charge is 0.492 e. The van der Waals surface area contributed by atoms with Gasteiger partial charge >= 0.3 is 0 Å². The minimum atomic E-state index is 0.158. The lowest BCUT2D eigenvalue weighted by atomic mass is 9.94. The molecule has 3 nitrogen and oxygen atoms in total. The van der Waals surface area contributed by atoms with E-state index in [4.69, 9.17) is 10.5 Å². The molecule has 3 aliphatic carbocycles. The lowest BCUT2D eigenvalue weighted by Gasteiger charge is -2.17. The number of ether oxygens (including phenoxy) is 1. The minimum absolute atomic E-state index is 0.158. The molecule has 4 rings (SSSR count). The quantitative estimate of drug-likeness (QED) is 0.895. The second kappa shape index (κ2) is 4.73. The van der Waals surface area contributed by atoms with Gasteiger partial charge in [-0.2, -0.15) is 0 Å². The maximum atomic E-state index is 6.54. The highest BCUT2D eigenvalue weighted by atomic mass is 16.5. The molecule has 1 heterocycles. The Morgan fingerprint density at radius 2 is 2.05 bits per heavy atom. The first-order valence-electron chi connectivity index (χ1n) is 8.13. The maximum Gasteiger partial charge on any atom is 0.137 e. The Balaban J connectivity index is 1.48. The van der Waals surface area contributed by atoms with Crippen LogP contribution in [0.5, 0.6) is 5.75 Å². The summed E-state index contributed by atoms with van der Waals surface area (Å²) in [5.74, 6) is 5.38. The summed E-state index contributed by atoms with van der Waals surface area (Å²) in [5.41, 5.74) is 7.71. The predicted molar refractivity (Wildman–Crippen MR) is 78.3 cm³/mol. The highest BCUT2D eigenvalue weighted by molar-refractivity contribution is 5.29. The SMILES string of the molecule is CCCOc1cncc(C(N)C2C3C4CCC(C4)C32)c1. The van der Waals surface area contributed by atoms with E-state index in [2.05, 4.69) is 18.0 Å². The van der Waals surface area contributed by atoms with Crippen LogP contribution in [0.2, 0.25) is 0 Å². The van der Waals surface area contributed by atoms with E-state index in [1.165, 1.54) is 19.3 Å². The van der Waals surface area contributed by atoms with Gasteiger partial charge in [-0.1, -0.05) is 6.92 Å². The fraction of sp³-hybridized carbons (Fsp3) is 0.706. The number of rotatable bonds is 5. The van der Waals surface area contributed by atoms with E-state index in [9.17, 15) is 0 Å². The Morgan fingerprint density at radius 3 is 2.75 bits per heavy atom. The van der Waals surface area contributed by atoms with Gasteiger partial charge in [0.1, 0.15) is 5.75 Å². The summed E-state index contributed by atoms with van der Waals surface area (Å²) >= 11 is 0. The molecular formula is C17H24N2O. The van der Waals surface area contributed by atoms with Crippen LogP contribution in [0.1, 0.15) is 44.2 Å². The molecule has 0 aliphatic heterocycles. The Morgan fingerprint density at radius 1 is 1.30 bits per heavy atom. The van der Waals surface area contributed by atoms with Crippen molar-refractivity contribution in [3.63, 3.8) is 0 Å². The van der Waals surface area contributed by atoms with Crippen molar-refractivity contribution >= 4 is 0 Å². The van der Waals surface area contributed by atoms with E-state index < -0.39 is 0 Å². The zero-order valence-electron chi connectivity index (χ0n) is 12.2. The van der Waals surface area contributed by atoms with E-state index in [-0.39, 0.29) is 6.04 Å². The van der Waals surface area contributed by atoms with Crippen molar-refractivity contribution in [1.82, 2.24) is 4.98 Å². The highest BCUT2D eigenvalue weighted by Crippen LogP contribution is 2.71. The number of nitrogens with zero attached hydrogens (tertiary/aromatic N) is 1. The molecule has 108 valence electrons. The first kappa shape index (κ1) is 12.6. The van der Waals surface area contributed by atoms with Crippen LogP contribution in [0.4, 0.5) is 0 Å². The fourth-order valence-corrected chi connectivity index (χ4v) is 5.01. The van der Waals surface area contributed by atoms with Crippen LogP contribution in [-0.4, -0.2) is 11.6 Å². The van der Waals surface area contributed by atoms with Gasteiger partial charge in [-0.3, -0.25) is 4.98 Å². The Bertz CT molecular complexity index is 488. The van der Waals surface area contributed by atoms with Gasteiger partial charge < -0.3 is 10.5 Å². The molecule has 0 saturated heterocycles. The molecule has 3 aliphatic rings. The molecule has 0 spiro atoms. The van der Waals surface area contributed by atoms with Crippen LogP contribution in [0, 0.1) is 29.6 Å². The topological polar surface area (TPSA) is 48.1 Å². The summed E-state index contributed by atoms with van der Waals surface area (Å²) in [5, 5.41) is 0. The first-order chi connectivity index (χ1) is 9.79. The molecule has 3 saturated carbocycles. The van der Waals surface area contributed by atoms with Gasteiger partial charge in [0.15, 0.2) is 0 Å². The first-order valence-corrected chi connectivity index (χ1v) is 8.13. The number of aromatic nitrogens is 1. The molecule has 0 radical (unpaired) electrons. The molecule has 5 atom stereocenters. The molecule has 2 bridgehead atoms. The minimum Gasteiger partial charge on any atom is -0.492 e. The van der Waals surface area contributed by atoms with Gasteiger partial charge in [0.25, 0.3) is 0 Å². The van der Waals surface area contributed by atoms with Crippen molar-refractivity contribution in [3.8, 4) is 5.75 Å². The Labute approximate surface area is 120 Å². The zero-order chi connectivity index (χ0) is 13.7. The van der Waals surface area contributed by atoms with Crippen LogP contribution >= 0.6 is 0 Å². The van der Waals surface area contributed by atoms with E-state index >= 15 is 0 Å². The van der Waals surface area contributed by atoms with E-state index in [1.54, 1.807) is 6.20 Å². The van der Waals surface area contributed by atoms with Crippen molar-refractivity contribution in [1.29, 1.82) is 0 Å². The molecule has 1 aromatic rings. The van der Waals surface area contributed by atoms with Crippen LogP contribution in [0.15, 0.2) is 18.5 Å².